The van der Waals surface area contributed by atoms with Crippen LogP contribution in [0.4, 0.5) is 5.13 Å². The van der Waals surface area contributed by atoms with Crippen LogP contribution >= 0.6 is 11.3 Å². The van der Waals surface area contributed by atoms with Gasteiger partial charge >= 0.3 is 0 Å². The van der Waals surface area contributed by atoms with Crippen molar-refractivity contribution in [2.24, 2.45) is 0 Å². The first kappa shape index (κ1) is 7.47. The van der Waals surface area contributed by atoms with Gasteiger partial charge in [0.15, 0.2) is 0 Å². The molecule has 4 heteroatoms. The summed E-state index contributed by atoms with van der Waals surface area (Å²) in [4.78, 5) is 0. The first-order valence-electron chi connectivity index (χ1n) is 3.25. The highest BCUT2D eigenvalue weighted by Crippen LogP contribution is 2.13. The molecule has 1 heterocycles. The number of hydrogen-bond donors (Lipinski definition) is 1. The summed E-state index contributed by atoms with van der Waals surface area (Å²) in [5, 5.41) is 12.9. The van der Waals surface area contributed by atoms with Crippen molar-refractivity contribution in [2.45, 2.75) is 26.8 Å². The molecule has 10 heavy (non-hydrogen) atoms. The van der Waals surface area contributed by atoms with Gasteiger partial charge in [0.25, 0.3) is 0 Å². The molecule has 0 amide bonds. The molecule has 0 saturated heterocycles. The van der Waals surface area contributed by atoms with Gasteiger partial charge in [-0.25, -0.2) is 0 Å². The van der Waals surface area contributed by atoms with Crippen LogP contribution in [0.2, 0.25) is 0 Å². The molecule has 56 valence electrons. The predicted molar refractivity (Wildman–Crippen MR) is 43.4 cm³/mol. The zero-order valence-corrected chi connectivity index (χ0v) is 7.20. The lowest BCUT2D eigenvalue weighted by Gasteiger charge is -2.02. The monoisotopic (exact) mass is 157 g/mol. The molecule has 1 aromatic rings. The first-order valence-corrected chi connectivity index (χ1v) is 4.07. The normalized spacial score (nSPS) is 10.4. The molecule has 0 aromatic carbocycles. The average Bonchev–Trinajstić information content (AvgIpc) is 2.13. The van der Waals surface area contributed by atoms with E-state index in [1.807, 2.05) is 6.92 Å². The van der Waals surface area contributed by atoms with E-state index in [-0.39, 0.29) is 0 Å². The van der Waals surface area contributed by atoms with Gasteiger partial charge in [0.2, 0.25) is 5.13 Å². The van der Waals surface area contributed by atoms with Crippen LogP contribution in [0.5, 0.6) is 0 Å². The Hall–Kier alpha value is -0.640. The Morgan fingerprint density at radius 1 is 1.40 bits per heavy atom. The van der Waals surface area contributed by atoms with Crippen molar-refractivity contribution in [2.75, 3.05) is 5.32 Å². The predicted octanol–water partition coefficient (Wildman–Crippen LogP) is 1.67. The van der Waals surface area contributed by atoms with Crippen LogP contribution in [0.3, 0.4) is 0 Å². The zero-order chi connectivity index (χ0) is 7.56. The molecule has 0 aliphatic rings. The number of hydrogen-bond acceptors (Lipinski definition) is 4. The Morgan fingerprint density at radius 3 is 2.50 bits per heavy atom. The summed E-state index contributed by atoms with van der Waals surface area (Å²) in [6, 6.07) is 0.437. The molecule has 0 aliphatic heterocycles. The summed E-state index contributed by atoms with van der Waals surface area (Å²) in [5.74, 6) is 0. The third-order valence-electron chi connectivity index (χ3n) is 0.938. The van der Waals surface area contributed by atoms with E-state index in [9.17, 15) is 0 Å². The van der Waals surface area contributed by atoms with Crippen LogP contribution < -0.4 is 5.32 Å². The fourth-order valence-corrected chi connectivity index (χ4v) is 1.34. The maximum absolute atomic E-state index is 3.91. The average molecular weight is 157 g/mol. The highest BCUT2D eigenvalue weighted by molar-refractivity contribution is 7.15. The van der Waals surface area contributed by atoms with Crippen molar-refractivity contribution in [3.8, 4) is 0 Å². The van der Waals surface area contributed by atoms with Crippen LogP contribution in [-0.2, 0) is 0 Å². The molecule has 0 radical (unpaired) electrons. The molecule has 0 fully saturated rings. The van der Waals surface area contributed by atoms with E-state index < -0.39 is 0 Å². The summed E-state index contributed by atoms with van der Waals surface area (Å²) >= 11 is 1.58. The Labute approximate surface area is 64.5 Å². The second kappa shape index (κ2) is 2.96. The largest absolute Gasteiger partial charge is 0.358 e. The van der Waals surface area contributed by atoms with Crippen LogP contribution in [0.25, 0.3) is 0 Å². The maximum atomic E-state index is 3.91. The standard InChI is InChI=1S/C6H11N3S/c1-4(2)7-6-9-8-5(3)10-6/h4H,1-3H3,(H,7,9). The molecule has 0 atom stereocenters. The van der Waals surface area contributed by atoms with Gasteiger partial charge in [-0.05, 0) is 20.8 Å². The van der Waals surface area contributed by atoms with Crippen molar-refractivity contribution in [3.05, 3.63) is 5.01 Å². The fourth-order valence-electron chi connectivity index (χ4n) is 0.602. The van der Waals surface area contributed by atoms with Gasteiger partial charge < -0.3 is 5.32 Å². The second-order valence-electron chi connectivity index (χ2n) is 2.43. The Bertz CT molecular complexity index is 207. The molecule has 0 bridgehead atoms. The smallest absolute Gasteiger partial charge is 0.205 e. The van der Waals surface area contributed by atoms with Crippen molar-refractivity contribution >= 4 is 16.5 Å². The number of rotatable bonds is 2. The van der Waals surface area contributed by atoms with E-state index in [1.54, 1.807) is 11.3 Å². The van der Waals surface area contributed by atoms with E-state index >= 15 is 0 Å². The van der Waals surface area contributed by atoms with Crippen molar-refractivity contribution in [1.82, 2.24) is 10.2 Å². The maximum Gasteiger partial charge on any atom is 0.205 e. The van der Waals surface area contributed by atoms with Crippen molar-refractivity contribution in [1.29, 1.82) is 0 Å². The number of aromatic nitrogens is 2. The molecule has 0 aliphatic carbocycles. The number of nitrogens with one attached hydrogen (secondary N) is 1. The Balaban J connectivity index is 2.58. The van der Waals surface area contributed by atoms with Crippen LogP contribution in [0.15, 0.2) is 0 Å². The highest BCUT2D eigenvalue weighted by atomic mass is 32.1. The number of aryl methyl sites for hydroxylation is 1. The highest BCUT2D eigenvalue weighted by Gasteiger charge is 1.99. The summed E-state index contributed by atoms with van der Waals surface area (Å²) in [5.41, 5.74) is 0. The van der Waals surface area contributed by atoms with Gasteiger partial charge in [0.1, 0.15) is 5.01 Å². The van der Waals surface area contributed by atoms with E-state index in [0.29, 0.717) is 6.04 Å². The molecule has 3 nitrogen and oxygen atoms in total. The zero-order valence-electron chi connectivity index (χ0n) is 6.38. The van der Waals surface area contributed by atoms with Crippen molar-refractivity contribution < 1.29 is 0 Å². The van der Waals surface area contributed by atoms with E-state index in [2.05, 4.69) is 29.4 Å². The molecule has 0 spiro atoms. The molecule has 0 unspecified atom stereocenters. The minimum absolute atomic E-state index is 0.437. The summed E-state index contributed by atoms with van der Waals surface area (Å²) in [7, 11) is 0. The quantitative estimate of drug-likeness (QED) is 0.709. The SMILES string of the molecule is Cc1nnc(NC(C)C)s1. The topological polar surface area (TPSA) is 37.8 Å². The minimum Gasteiger partial charge on any atom is -0.358 e. The lowest BCUT2D eigenvalue weighted by molar-refractivity contribution is 0.886. The van der Waals surface area contributed by atoms with E-state index in [4.69, 9.17) is 0 Å². The Morgan fingerprint density at radius 2 is 2.10 bits per heavy atom. The first-order chi connectivity index (χ1) is 4.68. The van der Waals surface area contributed by atoms with Gasteiger partial charge in [-0.3, -0.25) is 0 Å². The van der Waals surface area contributed by atoms with Gasteiger partial charge in [-0.2, -0.15) is 0 Å². The van der Waals surface area contributed by atoms with Gasteiger partial charge in [-0.1, -0.05) is 11.3 Å². The molecular weight excluding hydrogens is 146 g/mol. The fraction of sp³-hybridized carbons (Fsp3) is 0.667. The third-order valence-corrected chi connectivity index (χ3v) is 1.71. The Kier molecular flexibility index (Phi) is 2.21. The van der Waals surface area contributed by atoms with Crippen molar-refractivity contribution in [3.63, 3.8) is 0 Å². The summed E-state index contributed by atoms with van der Waals surface area (Å²) in [6.45, 7) is 6.11. The minimum atomic E-state index is 0.437. The third kappa shape index (κ3) is 1.95. The van der Waals surface area contributed by atoms with Crippen LogP contribution in [0.1, 0.15) is 18.9 Å². The molecule has 1 N–H and O–H groups in total. The van der Waals surface area contributed by atoms with Crippen LogP contribution in [0, 0.1) is 6.92 Å². The summed E-state index contributed by atoms with van der Waals surface area (Å²) < 4.78 is 0. The second-order valence-corrected chi connectivity index (χ2v) is 3.61. The van der Waals surface area contributed by atoms with E-state index in [0.717, 1.165) is 10.1 Å². The molecule has 1 aromatic heterocycles. The summed E-state index contributed by atoms with van der Waals surface area (Å²) in [6.07, 6.45) is 0. The van der Waals surface area contributed by atoms with E-state index in [1.165, 1.54) is 0 Å². The van der Waals surface area contributed by atoms with Crippen LogP contribution in [-0.4, -0.2) is 16.2 Å². The number of anilines is 1. The number of nitrogens with zero attached hydrogens (tertiary/aromatic N) is 2. The van der Waals surface area contributed by atoms with Gasteiger partial charge in [0.05, 0.1) is 0 Å². The molecule has 1 rings (SSSR count). The lowest BCUT2D eigenvalue weighted by atomic mass is 10.4. The van der Waals surface area contributed by atoms with Gasteiger partial charge in [0, 0.05) is 6.04 Å². The van der Waals surface area contributed by atoms with Gasteiger partial charge in [-0.15, -0.1) is 10.2 Å². The molecular formula is C6H11N3S. The molecule has 0 saturated carbocycles. The lowest BCUT2D eigenvalue weighted by Crippen LogP contribution is -2.08.